The fraction of sp³-hybridized carbons (Fsp3) is 0.667. The van der Waals surface area contributed by atoms with Crippen molar-refractivity contribution >= 4 is 24.0 Å². The largest absolute Gasteiger partial charge is 0.298 e. The molecule has 3 heteroatoms. The molecular formula is C12H21NS2. The van der Waals surface area contributed by atoms with Gasteiger partial charge in [-0.1, -0.05) is 26.8 Å². The molecule has 0 aliphatic rings. The highest BCUT2D eigenvalue weighted by Crippen LogP contribution is 2.20. The molecule has 0 unspecified atom stereocenters. The van der Waals surface area contributed by atoms with Crippen LogP contribution >= 0.6 is 24.0 Å². The van der Waals surface area contributed by atoms with Gasteiger partial charge in [-0.3, -0.25) is 4.90 Å². The molecule has 1 aromatic rings. The van der Waals surface area contributed by atoms with E-state index in [1.165, 1.54) is 4.88 Å². The standard InChI is InChI=1S/C12H21NS2/c1-4-13(9-12(2,3)10-14)8-11-6-5-7-15-11/h5-7,14H,4,8-10H2,1-3H3. The molecule has 0 N–H and O–H groups in total. The minimum absolute atomic E-state index is 0.302. The maximum absolute atomic E-state index is 4.40. The van der Waals surface area contributed by atoms with Crippen molar-refractivity contribution in [2.24, 2.45) is 5.41 Å². The van der Waals surface area contributed by atoms with E-state index in [0.29, 0.717) is 5.41 Å². The molecule has 0 saturated carbocycles. The van der Waals surface area contributed by atoms with Crippen LogP contribution in [0.2, 0.25) is 0 Å². The fourth-order valence-corrected chi connectivity index (χ4v) is 2.40. The molecule has 0 bridgehead atoms. The lowest BCUT2D eigenvalue weighted by Gasteiger charge is -2.30. The number of thiophene rings is 1. The quantitative estimate of drug-likeness (QED) is 0.748. The topological polar surface area (TPSA) is 3.24 Å². The van der Waals surface area contributed by atoms with Crippen molar-refractivity contribution in [3.8, 4) is 0 Å². The lowest BCUT2D eigenvalue weighted by Crippen LogP contribution is -2.34. The van der Waals surface area contributed by atoms with Crippen LogP contribution in [0.3, 0.4) is 0 Å². The van der Waals surface area contributed by atoms with Crippen LogP contribution in [0, 0.1) is 5.41 Å². The van der Waals surface area contributed by atoms with E-state index in [1.807, 2.05) is 11.3 Å². The van der Waals surface area contributed by atoms with Crippen molar-refractivity contribution < 1.29 is 0 Å². The van der Waals surface area contributed by atoms with Crippen molar-refractivity contribution in [2.45, 2.75) is 27.3 Å². The molecule has 1 nitrogen and oxygen atoms in total. The van der Waals surface area contributed by atoms with Gasteiger partial charge in [0.1, 0.15) is 0 Å². The second-order valence-corrected chi connectivity index (χ2v) is 6.05. The van der Waals surface area contributed by atoms with Gasteiger partial charge >= 0.3 is 0 Å². The molecule has 0 aromatic carbocycles. The Hall–Kier alpha value is 0.01000. The van der Waals surface area contributed by atoms with Crippen molar-refractivity contribution in [1.29, 1.82) is 0 Å². The maximum atomic E-state index is 4.40. The molecular weight excluding hydrogens is 222 g/mol. The van der Waals surface area contributed by atoms with Gasteiger partial charge < -0.3 is 0 Å². The van der Waals surface area contributed by atoms with Crippen LogP contribution in [0.15, 0.2) is 17.5 Å². The third-order valence-electron chi connectivity index (χ3n) is 2.49. The van der Waals surface area contributed by atoms with Crippen LogP contribution < -0.4 is 0 Å². The van der Waals surface area contributed by atoms with Gasteiger partial charge in [-0.05, 0) is 29.2 Å². The van der Waals surface area contributed by atoms with Gasteiger partial charge in [-0.15, -0.1) is 11.3 Å². The Morgan fingerprint density at radius 2 is 2.20 bits per heavy atom. The van der Waals surface area contributed by atoms with Gasteiger partial charge in [0.15, 0.2) is 0 Å². The van der Waals surface area contributed by atoms with E-state index in [-0.39, 0.29) is 0 Å². The summed E-state index contributed by atoms with van der Waals surface area (Å²) >= 11 is 6.24. The van der Waals surface area contributed by atoms with Crippen LogP contribution in [-0.4, -0.2) is 23.7 Å². The number of hydrogen-bond acceptors (Lipinski definition) is 3. The van der Waals surface area contributed by atoms with Crippen molar-refractivity contribution in [2.75, 3.05) is 18.8 Å². The molecule has 1 rings (SSSR count). The van der Waals surface area contributed by atoms with Crippen LogP contribution in [0.1, 0.15) is 25.6 Å². The van der Waals surface area contributed by atoms with Gasteiger partial charge in [0.25, 0.3) is 0 Å². The first-order valence-electron chi connectivity index (χ1n) is 5.43. The molecule has 0 aliphatic carbocycles. The van der Waals surface area contributed by atoms with Crippen LogP contribution in [0.25, 0.3) is 0 Å². The number of nitrogens with zero attached hydrogens (tertiary/aromatic N) is 1. The van der Waals surface area contributed by atoms with Crippen molar-refractivity contribution in [3.05, 3.63) is 22.4 Å². The van der Waals surface area contributed by atoms with E-state index in [9.17, 15) is 0 Å². The van der Waals surface area contributed by atoms with E-state index in [2.05, 4.69) is 55.8 Å². The summed E-state index contributed by atoms with van der Waals surface area (Å²) in [5, 5.41) is 2.15. The molecule has 1 heterocycles. The van der Waals surface area contributed by atoms with Gasteiger partial charge in [-0.2, -0.15) is 12.6 Å². The predicted octanol–water partition coefficient (Wildman–Crippen LogP) is 3.53. The summed E-state index contributed by atoms with van der Waals surface area (Å²) in [6, 6.07) is 4.33. The molecule has 15 heavy (non-hydrogen) atoms. The SMILES string of the molecule is CCN(Cc1cccs1)CC(C)(C)CS. The number of hydrogen-bond donors (Lipinski definition) is 1. The maximum Gasteiger partial charge on any atom is 0.0328 e. The van der Waals surface area contributed by atoms with Gasteiger partial charge in [0.05, 0.1) is 0 Å². The molecule has 0 radical (unpaired) electrons. The summed E-state index contributed by atoms with van der Waals surface area (Å²) in [5.41, 5.74) is 0.302. The normalized spacial score (nSPS) is 12.3. The molecule has 0 saturated heterocycles. The highest BCUT2D eigenvalue weighted by molar-refractivity contribution is 7.80. The van der Waals surface area contributed by atoms with Crippen LogP contribution in [-0.2, 0) is 6.54 Å². The molecule has 86 valence electrons. The molecule has 0 spiro atoms. The lowest BCUT2D eigenvalue weighted by molar-refractivity contribution is 0.197. The zero-order valence-electron chi connectivity index (χ0n) is 9.86. The Morgan fingerprint density at radius 3 is 2.67 bits per heavy atom. The van der Waals surface area contributed by atoms with E-state index in [1.54, 1.807) is 0 Å². The molecule has 0 amide bonds. The van der Waals surface area contributed by atoms with Crippen LogP contribution in [0.5, 0.6) is 0 Å². The fourth-order valence-electron chi connectivity index (χ4n) is 1.56. The molecule has 0 fully saturated rings. The first kappa shape index (κ1) is 13.1. The second kappa shape index (κ2) is 5.92. The highest BCUT2D eigenvalue weighted by Gasteiger charge is 2.19. The smallest absolute Gasteiger partial charge is 0.0328 e. The Bertz CT molecular complexity index is 267. The Morgan fingerprint density at radius 1 is 1.47 bits per heavy atom. The summed E-state index contributed by atoms with van der Waals surface area (Å²) in [6.45, 7) is 10.1. The van der Waals surface area contributed by atoms with Gasteiger partial charge in [0.2, 0.25) is 0 Å². The molecule has 0 atom stereocenters. The first-order valence-corrected chi connectivity index (χ1v) is 6.94. The van der Waals surface area contributed by atoms with E-state index in [0.717, 1.165) is 25.4 Å². The summed E-state index contributed by atoms with van der Waals surface area (Å²) in [6.07, 6.45) is 0. The lowest BCUT2D eigenvalue weighted by atomic mass is 9.95. The summed E-state index contributed by atoms with van der Waals surface area (Å²) in [5.74, 6) is 0.938. The van der Waals surface area contributed by atoms with Gasteiger partial charge in [-0.25, -0.2) is 0 Å². The van der Waals surface area contributed by atoms with Crippen molar-refractivity contribution in [1.82, 2.24) is 4.90 Å². The summed E-state index contributed by atoms with van der Waals surface area (Å²) in [7, 11) is 0. The monoisotopic (exact) mass is 243 g/mol. The summed E-state index contributed by atoms with van der Waals surface area (Å²) < 4.78 is 0. The molecule has 1 aromatic heterocycles. The third kappa shape index (κ3) is 4.58. The summed E-state index contributed by atoms with van der Waals surface area (Å²) in [4.78, 5) is 3.94. The zero-order valence-corrected chi connectivity index (χ0v) is 11.6. The van der Waals surface area contributed by atoms with E-state index < -0.39 is 0 Å². The Kier molecular flexibility index (Phi) is 5.16. The third-order valence-corrected chi connectivity index (χ3v) is 4.20. The number of rotatable bonds is 6. The second-order valence-electron chi connectivity index (χ2n) is 4.70. The average molecular weight is 243 g/mol. The minimum atomic E-state index is 0.302. The van der Waals surface area contributed by atoms with E-state index in [4.69, 9.17) is 0 Å². The van der Waals surface area contributed by atoms with Crippen LogP contribution in [0.4, 0.5) is 0 Å². The Labute approximate surface area is 103 Å². The van der Waals surface area contributed by atoms with Crippen molar-refractivity contribution in [3.63, 3.8) is 0 Å². The average Bonchev–Trinajstić information content (AvgIpc) is 2.69. The van der Waals surface area contributed by atoms with E-state index >= 15 is 0 Å². The number of thiol groups is 1. The predicted molar refractivity (Wildman–Crippen MR) is 72.9 cm³/mol. The Balaban J connectivity index is 2.50. The molecule has 0 aliphatic heterocycles. The van der Waals surface area contributed by atoms with Gasteiger partial charge in [0, 0.05) is 18.0 Å². The minimum Gasteiger partial charge on any atom is -0.298 e. The first-order chi connectivity index (χ1) is 7.07. The highest BCUT2D eigenvalue weighted by atomic mass is 32.1. The zero-order chi connectivity index (χ0) is 11.3.